The van der Waals surface area contributed by atoms with Gasteiger partial charge in [-0.3, -0.25) is 4.98 Å². The average molecular weight is 394 g/mol. The first kappa shape index (κ1) is 18.2. The number of imidazole rings is 1. The molecule has 2 fully saturated rings. The van der Waals surface area contributed by atoms with Crippen molar-refractivity contribution in [2.45, 2.75) is 37.8 Å². The number of nitrogens with two attached hydrogens (primary N) is 1. The number of aromatic nitrogens is 4. The maximum Gasteiger partial charge on any atom is 0.225 e. The second-order valence-corrected chi connectivity index (χ2v) is 7.78. The third kappa shape index (κ3) is 3.85. The van der Waals surface area contributed by atoms with E-state index in [0.29, 0.717) is 30.8 Å². The number of pyridine rings is 2. The van der Waals surface area contributed by atoms with E-state index in [9.17, 15) is 0 Å². The van der Waals surface area contributed by atoms with Crippen molar-refractivity contribution < 1.29 is 9.47 Å². The Kier molecular flexibility index (Phi) is 4.93. The van der Waals surface area contributed by atoms with E-state index in [0.717, 1.165) is 55.5 Å². The molecule has 5 rings (SSSR count). The Morgan fingerprint density at radius 3 is 2.69 bits per heavy atom. The molecule has 8 nitrogen and oxygen atoms in total. The van der Waals surface area contributed by atoms with Crippen LogP contribution in [0.15, 0.2) is 37.1 Å². The van der Waals surface area contributed by atoms with Crippen LogP contribution in [0.2, 0.25) is 0 Å². The van der Waals surface area contributed by atoms with Gasteiger partial charge in [0, 0.05) is 37.6 Å². The van der Waals surface area contributed by atoms with Crippen LogP contribution in [-0.2, 0) is 4.74 Å². The standard InChI is InChI=1S/C21H26N6O2/c22-15-11-18-19(24-13-15)12-20(26-7-9-28-10-8-26)25-21(18)29-17-3-1-16(2-4-17)27-6-5-23-14-27/h5-6,11-14,16-17H,1-4,7-10,22H2. The van der Waals surface area contributed by atoms with E-state index in [1.54, 1.807) is 6.20 Å². The van der Waals surface area contributed by atoms with Crippen LogP contribution in [0, 0.1) is 0 Å². The van der Waals surface area contributed by atoms with E-state index in [1.165, 1.54) is 0 Å². The van der Waals surface area contributed by atoms with Crippen molar-refractivity contribution in [2.24, 2.45) is 0 Å². The fourth-order valence-electron chi connectivity index (χ4n) is 4.25. The number of ether oxygens (including phenoxy) is 2. The molecule has 1 aliphatic carbocycles. The van der Waals surface area contributed by atoms with Crippen molar-refractivity contribution in [3.63, 3.8) is 0 Å². The Morgan fingerprint density at radius 1 is 1.10 bits per heavy atom. The number of morpholine rings is 1. The van der Waals surface area contributed by atoms with E-state index >= 15 is 0 Å². The van der Waals surface area contributed by atoms with Crippen molar-refractivity contribution >= 4 is 22.4 Å². The van der Waals surface area contributed by atoms with E-state index < -0.39 is 0 Å². The van der Waals surface area contributed by atoms with Crippen molar-refractivity contribution in [3.8, 4) is 5.88 Å². The highest BCUT2D eigenvalue weighted by Crippen LogP contribution is 2.34. The molecule has 0 amide bonds. The van der Waals surface area contributed by atoms with Crippen LogP contribution in [0.25, 0.3) is 10.9 Å². The predicted octanol–water partition coefficient (Wildman–Crippen LogP) is 2.81. The summed E-state index contributed by atoms with van der Waals surface area (Å²) in [5.74, 6) is 1.52. The molecule has 1 saturated carbocycles. The molecule has 3 aromatic heterocycles. The van der Waals surface area contributed by atoms with Crippen molar-refractivity contribution in [3.05, 3.63) is 37.1 Å². The number of nitrogens with zero attached hydrogens (tertiary/aromatic N) is 5. The lowest BCUT2D eigenvalue weighted by molar-refractivity contribution is 0.121. The molecular weight excluding hydrogens is 368 g/mol. The molecule has 2 N–H and O–H groups in total. The van der Waals surface area contributed by atoms with Gasteiger partial charge in [-0.05, 0) is 31.7 Å². The normalized spacial score (nSPS) is 22.7. The third-order valence-corrected chi connectivity index (χ3v) is 5.86. The highest BCUT2D eigenvalue weighted by Gasteiger charge is 2.25. The van der Waals surface area contributed by atoms with Gasteiger partial charge in [0.2, 0.25) is 5.88 Å². The Bertz CT molecular complexity index is 963. The summed E-state index contributed by atoms with van der Waals surface area (Å²) < 4.78 is 14.1. The van der Waals surface area contributed by atoms with Crippen LogP contribution in [0.1, 0.15) is 31.7 Å². The molecule has 29 heavy (non-hydrogen) atoms. The van der Waals surface area contributed by atoms with Crippen molar-refractivity contribution in [1.29, 1.82) is 0 Å². The summed E-state index contributed by atoms with van der Waals surface area (Å²) in [5, 5.41) is 0.874. The lowest BCUT2D eigenvalue weighted by Gasteiger charge is -2.31. The highest BCUT2D eigenvalue weighted by molar-refractivity contribution is 5.88. The fourth-order valence-corrected chi connectivity index (χ4v) is 4.25. The van der Waals surface area contributed by atoms with Gasteiger partial charge in [0.15, 0.2) is 0 Å². The summed E-state index contributed by atoms with van der Waals surface area (Å²) in [5.41, 5.74) is 7.47. The zero-order valence-electron chi connectivity index (χ0n) is 16.4. The minimum Gasteiger partial charge on any atom is -0.474 e. The summed E-state index contributed by atoms with van der Waals surface area (Å²) in [6.07, 6.45) is 11.7. The van der Waals surface area contributed by atoms with Crippen LogP contribution in [0.3, 0.4) is 0 Å². The lowest BCUT2D eigenvalue weighted by Crippen LogP contribution is -2.36. The van der Waals surface area contributed by atoms with E-state index in [2.05, 4.69) is 19.4 Å². The molecule has 0 aromatic carbocycles. The van der Waals surface area contributed by atoms with E-state index in [1.807, 2.05) is 30.9 Å². The summed E-state index contributed by atoms with van der Waals surface area (Å²) in [4.78, 5) is 15.8. The second-order valence-electron chi connectivity index (χ2n) is 7.78. The van der Waals surface area contributed by atoms with Crippen molar-refractivity contribution in [2.75, 3.05) is 36.9 Å². The van der Waals surface area contributed by atoms with Gasteiger partial charge in [0.05, 0.1) is 42.3 Å². The van der Waals surface area contributed by atoms with Gasteiger partial charge in [-0.15, -0.1) is 0 Å². The topological polar surface area (TPSA) is 91.3 Å². The van der Waals surface area contributed by atoms with Gasteiger partial charge in [-0.25, -0.2) is 4.98 Å². The van der Waals surface area contributed by atoms with E-state index in [4.69, 9.17) is 20.2 Å². The van der Waals surface area contributed by atoms with Gasteiger partial charge in [0.25, 0.3) is 0 Å². The molecular formula is C21H26N6O2. The first-order chi connectivity index (χ1) is 14.3. The van der Waals surface area contributed by atoms with Gasteiger partial charge in [-0.2, -0.15) is 4.98 Å². The smallest absolute Gasteiger partial charge is 0.225 e. The predicted molar refractivity (Wildman–Crippen MR) is 111 cm³/mol. The molecule has 0 radical (unpaired) electrons. The van der Waals surface area contributed by atoms with E-state index in [-0.39, 0.29) is 6.10 Å². The number of hydrogen-bond acceptors (Lipinski definition) is 7. The Hall–Kier alpha value is -2.87. The maximum atomic E-state index is 6.43. The van der Waals surface area contributed by atoms with Gasteiger partial charge >= 0.3 is 0 Å². The molecule has 0 unspecified atom stereocenters. The highest BCUT2D eigenvalue weighted by atomic mass is 16.5. The quantitative estimate of drug-likeness (QED) is 0.727. The number of fused-ring (bicyclic) bond motifs is 1. The molecule has 0 spiro atoms. The van der Waals surface area contributed by atoms with Gasteiger partial charge < -0.3 is 24.7 Å². The summed E-state index contributed by atoms with van der Waals surface area (Å²) in [7, 11) is 0. The maximum absolute atomic E-state index is 6.43. The van der Waals surface area contributed by atoms with Gasteiger partial charge in [-0.1, -0.05) is 0 Å². The Labute approximate surface area is 169 Å². The zero-order valence-corrected chi connectivity index (χ0v) is 16.4. The number of rotatable bonds is 4. The Morgan fingerprint density at radius 2 is 1.93 bits per heavy atom. The number of anilines is 2. The van der Waals surface area contributed by atoms with Crippen molar-refractivity contribution in [1.82, 2.24) is 19.5 Å². The zero-order chi connectivity index (χ0) is 19.6. The third-order valence-electron chi connectivity index (χ3n) is 5.86. The molecule has 3 aromatic rings. The fraction of sp³-hybridized carbons (Fsp3) is 0.476. The minimum absolute atomic E-state index is 0.145. The molecule has 0 atom stereocenters. The Balaban J connectivity index is 1.38. The van der Waals surface area contributed by atoms with Crippen LogP contribution in [-0.4, -0.2) is 51.9 Å². The largest absolute Gasteiger partial charge is 0.474 e. The molecule has 152 valence electrons. The monoisotopic (exact) mass is 394 g/mol. The van der Waals surface area contributed by atoms with Gasteiger partial charge in [0.1, 0.15) is 11.9 Å². The second kappa shape index (κ2) is 7.87. The van der Waals surface area contributed by atoms with Crippen LogP contribution < -0.4 is 15.4 Å². The number of hydrogen-bond donors (Lipinski definition) is 1. The summed E-state index contributed by atoms with van der Waals surface area (Å²) in [6, 6.07) is 4.42. The molecule has 4 heterocycles. The first-order valence-corrected chi connectivity index (χ1v) is 10.3. The average Bonchev–Trinajstić information content (AvgIpc) is 3.30. The minimum atomic E-state index is 0.145. The van der Waals surface area contributed by atoms with Crippen LogP contribution in [0.4, 0.5) is 11.5 Å². The molecule has 2 aliphatic rings. The molecule has 8 heteroatoms. The molecule has 1 saturated heterocycles. The summed E-state index contributed by atoms with van der Waals surface area (Å²) >= 11 is 0. The molecule has 1 aliphatic heterocycles. The van der Waals surface area contributed by atoms with Crippen LogP contribution >= 0.6 is 0 Å². The number of nitrogen functional groups attached to an aromatic ring is 1. The van der Waals surface area contributed by atoms with Crippen LogP contribution in [0.5, 0.6) is 5.88 Å². The SMILES string of the molecule is Nc1cnc2cc(N3CCOCC3)nc(OC3CCC(n4ccnc4)CC3)c2c1. The summed E-state index contributed by atoms with van der Waals surface area (Å²) in [6.45, 7) is 3.07. The lowest BCUT2D eigenvalue weighted by atomic mass is 9.93. The molecule has 0 bridgehead atoms. The first-order valence-electron chi connectivity index (χ1n) is 10.3.